The number of nitrogen functional groups attached to an aromatic ring is 2. The van der Waals surface area contributed by atoms with E-state index in [0.717, 1.165) is 6.92 Å². The van der Waals surface area contributed by atoms with Gasteiger partial charge in [-0.1, -0.05) is 7.43 Å². The molecule has 126 valence electrons. The van der Waals surface area contributed by atoms with Crippen LogP contribution in [0.3, 0.4) is 0 Å². The number of anilines is 2. The molecule has 0 radical (unpaired) electrons. The highest BCUT2D eigenvalue weighted by molar-refractivity contribution is 5.72. The smallest absolute Gasteiger partial charge is 0.300 e. The molecule has 0 fully saturated rings. The predicted octanol–water partition coefficient (Wildman–Crippen LogP) is 2.68. The SMILES string of the molecule is C.CC(=O)O.N#Cc1c(N)nc2c(c1N)Cc1cc(F)ccc1O2. The Bertz CT molecular complexity index is 827. The number of fused-ring (bicyclic) bond motifs is 2. The van der Waals surface area contributed by atoms with E-state index in [1.54, 1.807) is 0 Å². The van der Waals surface area contributed by atoms with Gasteiger partial charge in [0.15, 0.2) is 0 Å². The first kappa shape index (κ1) is 18.7. The number of aromatic nitrogens is 1. The van der Waals surface area contributed by atoms with E-state index in [0.29, 0.717) is 23.3 Å². The van der Waals surface area contributed by atoms with E-state index < -0.39 is 5.97 Å². The van der Waals surface area contributed by atoms with Crippen LogP contribution < -0.4 is 16.2 Å². The fourth-order valence-corrected chi connectivity index (χ4v) is 2.09. The van der Waals surface area contributed by atoms with Gasteiger partial charge in [-0.05, 0) is 18.2 Å². The molecular weight excluding hydrogens is 315 g/mol. The third-order valence-corrected chi connectivity index (χ3v) is 3.04. The first-order valence-corrected chi connectivity index (χ1v) is 6.47. The van der Waals surface area contributed by atoms with Gasteiger partial charge >= 0.3 is 0 Å². The van der Waals surface area contributed by atoms with Crippen molar-refractivity contribution in [3.63, 3.8) is 0 Å². The number of hydrogen-bond donors (Lipinski definition) is 3. The molecule has 0 atom stereocenters. The van der Waals surface area contributed by atoms with Crippen LogP contribution >= 0.6 is 0 Å². The second-order valence-corrected chi connectivity index (χ2v) is 4.73. The van der Waals surface area contributed by atoms with Gasteiger partial charge in [-0.3, -0.25) is 4.79 Å². The van der Waals surface area contributed by atoms with Crippen LogP contribution in [0, 0.1) is 17.1 Å². The van der Waals surface area contributed by atoms with Crippen molar-refractivity contribution in [1.29, 1.82) is 5.26 Å². The summed E-state index contributed by atoms with van der Waals surface area (Å²) in [5, 5.41) is 16.4. The number of ether oxygens (including phenoxy) is 1. The molecule has 0 saturated carbocycles. The minimum absolute atomic E-state index is 0. The second kappa shape index (κ2) is 7.28. The van der Waals surface area contributed by atoms with Crippen molar-refractivity contribution in [3.05, 3.63) is 40.7 Å². The average molecular weight is 332 g/mol. The lowest BCUT2D eigenvalue weighted by atomic mass is 9.99. The number of pyridine rings is 1. The zero-order chi connectivity index (χ0) is 17.1. The quantitative estimate of drug-likeness (QED) is 0.576. The topological polar surface area (TPSA) is 135 Å². The summed E-state index contributed by atoms with van der Waals surface area (Å²) in [6, 6.07) is 6.12. The molecule has 0 amide bonds. The summed E-state index contributed by atoms with van der Waals surface area (Å²) < 4.78 is 18.8. The molecular formula is C16H17FN4O3. The number of carboxylic acid groups (broad SMARTS) is 1. The predicted molar refractivity (Wildman–Crippen MR) is 87.1 cm³/mol. The van der Waals surface area contributed by atoms with E-state index in [-0.39, 0.29) is 36.2 Å². The van der Waals surface area contributed by atoms with E-state index in [1.807, 2.05) is 6.07 Å². The Labute approximate surface area is 138 Å². The standard InChI is InChI=1S/C13H9FN4O.C2H4O2.CH4/c14-7-1-2-10-6(3-7)4-8-11(16)9(5-15)12(17)18-13(8)19-10;1-2(3)4;/h1-3H,4H2,(H4,16,17,18);1H3,(H,3,4);1H4. The van der Waals surface area contributed by atoms with Crippen LogP contribution in [-0.4, -0.2) is 16.1 Å². The molecule has 2 aromatic rings. The first-order chi connectivity index (χ1) is 10.8. The molecule has 5 N–H and O–H groups in total. The highest BCUT2D eigenvalue weighted by atomic mass is 19.1. The number of aliphatic carboxylic acids is 1. The number of nitrogens with two attached hydrogens (primary N) is 2. The minimum atomic E-state index is -0.833. The van der Waals surface area contributed by atoms with Crippen molar-refractivity contribution in [2.24, 2.45) is 0 Å². The van der Waals surface area contributed by atoms with Crippen molar-refractivity contribution in [1.82, 2.24) is 4.98 Å². The zero-order valence-electron chi connectivity index (χ0n) is 12.1. The molecule has 3 rings (SSSR count). The summed E-state index contributed by atoms with van der Waals surface area (Å²) in [4.78, 5) is 13.0. The Morgan fingerprint density at radius 1 is 1.46 bits per heavy atom. The monoisotopic (exact) mass is 332 g/mol. The number of rotatable bonds is 0. The van der Waals surface area contributed by atoms with Gasteiger partial charge in [0.25, 0.3) is 5.97 Å². The number of nitrogens with zero attached hydrogens (tertiary/aromatic N) is 2. The fraction of sp³-hybridized carbons (Fsp3) is 0.188. The van der Waals surface area contributed by atoms with Gasteiger partial charge in [0.05, 0.1) is 5.69 Å². The van der Waals surface area contributed by atoms with Crippen molar-refractivity contribution in [3.8, 4) is 17.7 Å². The van der Waals surface area contributed by atoms with Gasteiger partial charge in [-0.25, -0.2) is 4.39 Å². The summed E-state index contributed by atoms with van der Waals surface area (Å²) in [6.07, 6.45) is 0.357. The third kappa shape index (κ3) is 3.70. The number of carboxylic acids is 1. The molecule has 7 nitrogen and oxygen atoms in total. The molecule has 1 aromatic heterocycles. The van der Waals surface area contributed by atoms with Gasteiger partial charge in [0, 0.05) is 24.5 Å². The van der Waals surface area contributed by atoms with E-state index in [9.17, 15) is 4.39 Å². The zero-order valence-corrected chi connectivity index (χ0v) is 12.1. The lowest BCUT2D eigenvalue weighted by Gasteiger charge is -2.21. The van der Waals surface area contributed by atoms with E-state index >= 15 is 0 Å². The number of carbonyl (C=O) groups is 1. The third-order valence-electron chi connectivity index (χ3n) is 3.04. The van der Waals surface area contributed by atoms with Gasteiger partial charge in [-0.2, -0.15) is 10.2 Å². The summed E-state index contributed by atoms with van der Waals surface area (Å²) in [6.45, 7) is 1.08. The average Bonchev–Trinajstić information content (AvgIpc) is 2.46. The van der Waals surface area contributed by atoms with Gasteiger partial charge in [0.1, 0.15) is 29.0 Å². The molecule has 1 aliphatic rings. The van der Waals surface area contributed by atoms with Crippen molar-refractivity contribution in [2.45, 2.75) is 20.8 Å². The first-order valence-electron chi connectivity index (χ1n) is 6.47. The molecule has 0 bridgehead atoms. The van der Waals surface area contributed by atoms with Crippen LogP contribution in [0.1, 0.15) is 31.0 Å². The molecule has 0 saturated heterocycles. The second-order valence-electron chi connectivity index (χ2n) is 4.73. The van der Waals surface area contributed by atoms with Crippen LogP contribution in [0.2, 0.25) is 0 Å². The molecule has 0 spiro atoms. The molecule has 1 aliphatic heterocycles. The van der Waals surface area contributed by atoms with Crippen LogP contribution in [0.25, 0.3) is 0 Å². The highest BCUT2D eigenvalue weighted by Gasteiger charge is 2.24. The number of nitriles is 1. The molecule has 0 aliphatic carbocycles. The largest absolute Gasteiger partial charge is 0.481 e. The van der Waals surface area contributed by atoms with E-state index in [4.69, 9.17) is 31.4 Å². The normalized spacial score (nSPS) is 10.5. The maximum absolute atomic E-state index is 13.2. The number of hydrogen-bond acceptors (Lipinski definition) is 6. The maximum atomic E-state index is 13.2. The van der Waals surface area contributed by atoms with Gasteiger partial charge in [-0.15, -0.1) is 0 Å². The van der Waals surface area contributed by atoms with Crippen LogP contribution in [0.15, 0.2) is 18.2 Å². The Balaban J connectivity index is 0.000000522. The maximum Gasteiger partial charge on any atom is 0.300 e. The Hall–Kier alpha value is -3.34. The summed E-state index contributed by atoms with van der Waals surface area (Å²) in [5.41, 5.74) is 13.1. The lowest BCUT2D eigenvalue weighted by molar-refractivity contribution is -0.134. The van der Waals surface area contributed by atoms with Crippen LogP contribution in [0.5, 0.6) is 11.6 Å². The molecule has 24 heavy (non-hydrogen) atoms. The highest BCUT2D eigenvalue weighted by Crippen LogP contribution is 2.40. The number of benzene rings is 1. The molecule has 2 heterocycles. The van der Waals surface area contributed by atoms with E-state index in [2.05, 4.69) is 4.98 Å². The lowest BCUT2D eigenvalue weighted by Crippen LogP contribution is -2.12. The summed E-state index contributed by atoms with van der Waals surface area (Å²) in [7, 11) is 0. The minimum Gasteiger partial charge on any atom is -0.481 e. The van der Waals surface area contributed by atoms with Gasteiger partial charge in [0.2, 0.25) is 5.88 Å². The summed E-state index contributed by atoms with van der Waals surface area (Å²) in [5.74, 6) is -0.365. The van der Waals surface area contributed by atoms with Crippen molar-refractivity contribution in [2.75, 3.05) is 11.5 Å². The Morgan fingerprint density at radius 3 is 2.67 bits per heavy atom. The fourth-order valence-electron chi connectivity index (χ4n) is 2.09. The van der Waals surface area contributed by atoms with Crippen molar-refractivity contribution < 1.29 is 19.0 Å². The molecule has 0 unspecified atom stereocenters. The Kier molecular flexibility index (Phi) is 5.68. The molecule has 8 heteroatoms. The van der Waals surface area contributed by atoms with Gasteiger partial charge < -0.3 is 21.3 Å². The van der Waals surface area contributed by atoms with Crippen molar-refractivity contribution >= 4 is 17.5 Å². The Morgan fingerprint density at radius 2 is 2.08 bits per heavy atom. The number of halogens is 1. The van der Waals surface area contributed by atoms with E-state index in [1.165, 1.54) is 18.2 Å². The summed E-state index contributed by atoms with van der Waals surface area (Å²) >= 11 is 0. The van der Waals surface area contributed by atoms with Crippen LogP contribution in [-0.2, 0) is 11.2 Å². The van der Waals surface area contributed by atoms with Crippen LogP contribution in [0.4, 0.5) is 15.9 Å². The molecule has 1 aromatic carbocycles.